The molecule has 0 spiro atoms. The van der Waals surface area contributed by atoms with Crippen LogP contribution in [0.5, 0.6) is 0 Å². The van der Waals surface area contributed by atoms with Crippen molar-refractivity contribution in [3.63, 3.8) is 0 Å². The van der Waals surface area contributed by atoms with Crippen molar-refractivity contribution >= 4 is 29.0 Å². The second kappa shape index (κ2) is 6.72. The van der Waals surface area contributed by atoms with E-state index in [1.807, 2.05) is 29.0 Å². The Morgan fingerprint density at radius 1 is 1.58 bits per heavy atom. The Balaban J connectivity index is 2.14. The third-order valence-corrected chi connectivity index (χ3v) is 5.08. The highest BCUT2D eigenvalue weighted by molar-refractivity contribution is 7.99. The predicted molar refractivity (Wildman–Crippen MR) is 82.2 cm³/mol. The molecule has 0 N–H and O–H groups in total. The van der Waals surface area contributed by atoms with Crippen LogP contribution in [0.4, 0.5) is 0 Å². The summed E-state index contributed by atoms with van der Waals surface area (Å²) in [7, 11) is 4.12. The number of aromatic nitrogens is 1. The summed E-state index contributed by atoms with van der Waals surface area (Å²) in [5, 5.41) is 2.83. The van der Waals surface area contributed by atoms with E-state index in [9.17, 15) is 4.79 Å². The van der Waals surface area contributed by atoms with Crippen LogP contribution in [-0.2, 0) is 0 Å². The van der Waals surface area contributed by atoms with Gasteiger partial charge in [0.25, 0.3) is 5.91 Å². The molecule has 0 aliphatic carbocycles. The molecule has 1 unspecified atom stereocenters. The van der Waals surface area contributed by atoms with Gasteiger partial charge in [0.15, 0.2) is 0 Å². The van der Waals surface area contributed by atoms with Crippen LogP contribution < -0.4 is 0 Å². The first-order chi connectivity index (χ1) is 9.08. The zero-order valence-corrected chi connectivity index (χ0v) is 13.4. The van der Waals surface area contributed by atoms with Crippen LogP contribution in [0.1, 0.15) is 21.9 Å². The van der Waals surface area contributed by atoms with Gasteiger partial charge in [-0.05, 0) is 33.2 Å². The molecule has 0 bridgehead atoms. The van der Waals surface area contributed by atoms with Crippen LogP contribution in [0.25, 0.3) is 0 Å². The summed E-state index contributed by atoms with van der Waals surface area (Å²) >= 11 is 3.49. The Labute approximate surface area is 123 Å². The van der Waals surface area contributed by atoms with E-state index in [0.29, 0.717) is 5.69 Å². The molecule has 2 heterocycles. The summed E-state index contributed by atoms with van der Waals surface area (Å²) in [4.78, 5) is 21.1. The van der Waals surface area contributed by atoms with Crippen LogP contribution in [0, 0.1) is 6.92 Å². The molecule has 0 radical (unpaired) electrons. The van der Waals surface area contributed by atoms with Crippen LogP contribution in [-0.4, -0.2) is 65.4 Å². The second-order valence-electron chi connectivity index (χ2n) is 5.09. The van der Waals surface area contributed by atoms with E-state index >= 15 is 0 Å². The highest BCUT2D eigenvalue weighted by Crippen LogP contribution is 2.20. The van der Waals surface area contributed by atoms with E-state index < -0.39 is 0 Å². The van der Waals surface area contributed by atoms with Gasteiger partial charge >= 0.3 is 0 Å². The number of likely N-dealkylation sites (N-methyl/N-ethyl adjacent to an activating group) is 1. The summed E-state index contributed by atoms with van der Waals surface area (Å²) < 4.78 is 0. The van der Waals surface area contributed by atoms with E-state index in [1.54, 1.807) is 11.3 Å². The van der Waals surface area contributed by atoms with Crippen molar-refractivity contribution in [1.82, 2.24) is 14.8 Å². The minimum Gasteiger partial charge on any atom is -0.332 e. The monoisotopic (exact) mass is 299 g/mol. The summed E-state index contributed by atoms with van der Waals surface area (Å²) in [6, 6.07) is 0.289. The maximum Gasteiger partial charge on any atom is 0.273 e. The maximum atomic E-state index is 12.6. The number of carbonyl (C=O) groups is 1. The molecule has 1 aromatic rings. The van der Waals surface area contributed by atoms with Gasteiger partial charge in [-0.25, -0.2) is 4.98 Å². The van der Waals surface area contributed by atoms with Crippen LogP contribution >= 0.6 is 23.1 Å². The van der Waals surface area contributed by atoms with Crippen LogP contribution in [0.3, 0.4) is 0 Å². The smallest absolute Gasteiger partial charge is 0.273 e. The number of carbonyl (C=O) groups excluding carboxylic acids is 1. The summed E-state index contributed by atoms with van der Waals surface area (Å²) in [5.74, 6) is 2.26. The number of nitrogens with zero attached hydrogens (tertiary/aromatic N) is 3. The molecule has 2 rings (SSSR count). The zero-order chi connectivity index (χ0) is 13.8. The molecule has 1 atom stereocenters. The number of thiazole rings is 1. The Hall–Kier alpha value is -0.590. The summed E-state index contributed by atoms with van der Waals surface area (Å²) in [6.45, 7) is 3.71. The van der Waals surface area contributed by atoms with E-state index in [2.05, 4.69) is 24.0 Å². The molecule has 4 nitrogen and oxygen atoms in total. The van der Waals surface area contributed by atoms with Crippen molar-refractivity contribution in [2.75, 3.05) is 38.7 Å². The maximum absolute atomic E-state index is 12.6. The average molecular weight is 299 g/mol. The van der Waals surface area contributed by atoms with Crippen molar-refractivity contribution in [1.29, 1.82) is 0 Å². The lowest BCUT2D eigenvalue weighted by molar-refractivity contribution is 0.0670. The van der Waals surface area contributed by atoms with Crippen LogP contribution in [0.2, 0.25) is 0 Å². The summed E-state index contributed by atoms with van der Waals surface area (Å²) in [5.41, 5.74) is 0.609. The quantitative estimate of drug-likeness (QED) is 0.855. The highest BCUT2D eigenvalue weighted by atomic mass is 32.2. The fourth-order valence-electron chi connectivity index (χ4n) is 2.28. The molecule has 1 amide bonds. The zero-order valence-electron chi connectivity index (χ0n) is 11.8. The second-order valence-corrected chi connectivity index (χ2v) is 7.31. The Bertz CT molecular complexity index is 433. The molecule has 6 heteroatoms. The van der Waals surface area contributed by atoms with Gasteiger partial charge in [-0.15, -0.1) is 11.3 Å². The molecular weight excluding hydrogens is 278 g/mol. The van der Waals surface area contributed by atoms with Gasteiger partial charge in [0.2, 0.25) is 0 Å². The molecule has 19 heavy (non-hydrogen) atoms. The lowest BCUT2D eigenvalue weighted by Crippen LogP contribution is -2.46. The fraction of sp³-hybridized carbons (Fsp3) is 0.692. The normalized spacial score (nSPS) is 20.6. The largest absolute Gasteiger partial charge is 0.332 e. The third kappa shape index (κ3) is 3.94. The molecule has 1 saturated heterocycles. The van der Waals surface area contributed by atoms with E-state index in [-0.39, 0.29) is 11.9 Å². The van der Waals surface area contributed by atoms with Gasteiger partial charge in [0.05, 0.1) is 11.0 Å². The molecule has 1 aliphatic heterocycles. The van der Waals surface area contributed by atoms with Crippen molar-refractivity contribution in [2.24, 2.45) is 0 Å². The molecule has 0 aromatic carbocycles. The number of hydrogen-bond donors (Lipinski definition) is 0. The standard InChI is InChI=1S/C13H21N3OS2/c1-10-14-12(9-19-10)13(17)16-5-4-6-18-8-11(16)7-15(2)3/h9,11H,4-8H2,1-3H3. The van der Waals surface area contributed by atoms with Crippen molar-refractivity contribution < 1.29 is 4.79 Å². The number of amides is 1. The van der Waals surface area contributed by atoms with Crippen molar-refractivity contribution in [3.05, 3.63) is 16.1 Å². The number of hydrogen-bond acceptors (Lipinski definition) is 5. The van der Waals surface area contributed by atoms with Gasteiger partial charge in [-0.2, -0.15) is 11.8 Å². The predicted octanol–water partition coefficient (Wildman–Crippen LogP) is 1.96. The van der Waals surface area contributed by atoms with E-state index in [0.717, 1.165) is 36.0 Å². The van der Waals surface area contributed by atoms with Gasteiger partial charge in [-0.3, -0.25) is 4.79 Å². The highest BCUT2D eigenvalue weighted by Gasteiger charge is 2.28. The van der Waals surface area contributed by atoms with Crippen molar-refractivity contribution in [3.8, 4) is 0 Å². The minimum absolute atomic E-state index is 0.0960. The van der Waals surface area contributed by atoms with Gasteiger partial charge < -0.3 is 9.80 Å². The first kappa shape index (κ1) is 14.8. The Kier molecular flexibility index (Phi) is 5.24. The lowest BCUT2D eigenvalue weighted by Gasteiger charge is -2.31. The average Bonchev–Trinajstić information content (AvgIpc) is 2.65. The fourth-order valence-corrected chi connectivity index (χ4v) is 3.92. The molecule has 1 fully saturated rings. The number of aryl methyl sites for hydroxylation is 1. The van der Waals surface area contributed by atoms with Gasteiger partial charge in [0.1, 0.15) is 5.69 Å². The van der Waals surface area contributed by atoms with Gasteiger partial charge in [-0.1, -0.05) is 0 Å². The number of rotatable bonds is 3. The van der Waals surface area contributed by atoms with E-state index in [4.69, 9.17) is 0 Å². The van der Waals surface area contributed by atoms with E-state index in [1.165, 1.54) is 0 Å². The first-order valence-corrected chi connectivity index (χ1v) is 8.57. The topological polar surface area (TPSA) is 36.4 Å². The number of thioether (sulfide) groups is 1. The molecule has 106 valence electrons. The first-order valence-electron chi connectivity index (χ1n) is 6.53. The molecule has 1 aliphatic rings. The molecule has 1 aromatic heterocycles. The Morgan fingerprint density at radius 2 is 2.37 bits per heavy atom. The minimum atomic E-state index is 0.0960. The third-order valence-electron chi connectivity index (χ3n) is 3.11. The SMILES string of the molecule is Cc1nc(C(=O)N2CCCSCC2CN(C)C)cs1. The van der Waals surface area contributed by atoms with Crippen molar-refractivity contribution in [2.45, 2.75) is 19.4 Å². The molecular formula is C13H21N3OS2. The molecule has 0 saturated carbocycles. The summed E-state index contributed by atoms with van der Waals surface area (Å²) in [6.07, 6.45) is 1.07. The van der Waals surface area contributed by atoms with Gasteiger partial charge in [0, 0.05) is 24.2 Å². The van der Waals surface area contributed by atoms with Crippen LogP contribution in [0.15, 0.2) is 5.38 Å². The lowest BCUT2D eigenvalue weighted by atomic mass is 10.2. The Morgan fingerprint density at radius 3 is 3.00 bits per heavy atom.